The van der Waals surface area contributed by atoms with Gasteiger partial charge < -0.3 is 14.5 Å². The lowest BCUT2D eigenvalue weighted by atomic mass is 10.2. The van der Waals surface area contributed by atoms with Crippen molar-refractivity contribution < 1.29 is 13.9 Å². The van der Waals surface area contributed by atoms with Crippen molar-refractivity contribution in [3.63, 3.8) is 0 Å². The van der Waals surface area contributed by atoms with Gasteiger partial charge in [0.1, 0.15) is 21.6 Å². The number of fused-ring (bicyclic) bond motifs is 1. The number of pyridine rings is 1. The predicted octanol–water partition coefficient (Wildman–Crippen LogP) is 3.85. The number of para-hydroxylation sites is 1. The number of thioether (sulfide) groups is 1. The molecule has 0 aliphatic carbocycles. The van der Waals surface area contributed by atoms with E-state index >= 15 is 0 Å². The molecule has 0 bridgehead atoms. The van der Waals surface area contributed by atoms with Crippen LogP contribution in [0.5, 0.6) is 0 Å². The van der Waals surface area contributed by atoms with Gasteiger partial charge in [-0.05, 0) is 49.6 Å². The number of amides is 1. The van der Waals surface area contributed by atoms with Crippen LogP contribution in [-0.2, 0) is 9.53 Å². The molecular weight excluding hydrogens is 537 g/mol. The number of ether oxygens (including phenoxy) is 1. The second-order valence-corrected chi connectivity index (χ2v) is 11.6. The summed E-state index contributed by atoms with van der Waals surface area (Å²) in [4.78, 5) is 38.1. The second kappa shape index (κ2) is 10.7. The largest absolute Gasteiger partial charge is 0.376 e. The molecule has 1 amide bonds. The van der Waals surface area contributed by atoms with E-state index in [-0.39, 0.29) is 23.4 Å². The van der Waals surface area contributed by atoms with Gasteiger partial charge in [-0.25, -0.2) is 9.37 Å². The van der Waals surface area contributed by atoms with Gasteiger partial charge in [-0.1, -0.05) is 42.2 Å². The summed E-state index contributed by atoms with van der Waals surface area (Å²) in [6.45, 7) is 5.26. The number of piperazine rings is 1. The van der Waals surface area contributed by atoms with Crippen LogP contribution in [0.3, 0.4) is 0 Å². The van der Waals surface area contributed by atoms with Crippen LogP contribution >= 0.6 is 24.0 Å². The zero-order valence-electron chi connectivity index (χ0n) is 21.5. The molecule has 0 radical (unpaired) electrons. The minimum atomic E-state index is -0.255. The van der Waals surface area contributed by atoms with Gasteiger partial charge in [0.25, 0.3) is 11.5 Å². The van der Waals surface area contributed by atoms with E-state index < -0.39 is 0 Å². The fourth-order valence-corrected chi connectivity index (χ4v) is 6.52. The van der Waals surface area contributed by atoms with Gasteiger partial charge in [0.05, 0.1) is 28.8 Å². The molecule has 0 spiro atoms. The lowest BCUT2D eigenvalue weighted by Crippen LogP contribution is -2.47. The number of hydrogen-bond acceptors (Lipinski definition) is 8. The third-order valence-corrected chi connectivity index (χ3v) is 8.69. The molecular formula is C28H28FN5O3S2. The molecule has 0 N–H and O–H groups in total. The van der Waals surface area contributed by atoms with Crippen molar-refractivity contribution in [2.24, 2.45) is 0 Å². The summed E-state index contributed by atoms with van der Waals surface area (Å²) in [5, 5.41) is 0. The summed E-state index contributed by atoms with van der Waals surface area (Å²) in [6.07, 6.45) is 5.24. The number of carbonyl (C=O) groups is 1. The van der Waals surface area contributed by atoms with Crippen LogP contribution in [0.1, 0.15) is 24.0 Å². The second-order valence-electron chi connectivity index (χ2n) is 9.94. The maximum Gasteiger partial charge on any atom is 0.267 e. The van der Waals surface area contributed by atoms with Gasteiger partial charge in [-0.2, -0.15) is 0 Å². The number of anilines is 2. The number of hydrogen-bond donors (Lipinski definition) is 0. The van der Waals surface area contributed by atoms with Crippen LogP contribution in [0.25, 0.3) is 11.7 Å². The standard InChI is InChI=1S/C28H28FN5O3S2/c1-18-8-9-24-30-25(32-12-10-31(11-13-32)22-7-3-2-6-21(22)29)20(26(35)33(24)16-18)15-23-27(36)34(28(38)39-23)17-19-5-4-14-37-19/h2-3,6-9,15-16,19H,4-5,10-14,17H2,1H3. The van der Waals surface area contributed by atoms with E-state index in [1.165, 1.54) is 22.2 Å². The summed E-state index contributed by atoms with van der Waals surface area (Å²) in [5.74, 6) is 0.0418. The highest BCUT2D eigenvalue weighted by Crippen LogP contribution is 2.34. The summed E-state index contributed by atoms with van der Waals surface area (Å²) in [5.41, 5.74) is 2.11. The highest BCUT2D eigenvalue weighted by molar-refractivity contribution is 8.26. The van der Waals surface area contributed by atoms with Crippen molar-refractivity contribution in [3.05, 3.63) is 74.8 Å². The van der Waals surface area contributed by atoms with Gasteiger partial charge >= 0.3 is 0 Å². The normalized spacial score (nSPS) is 21.1. The van der Waals surface area contributed by atoms with Crippen LogP contribution in [-0.4, -0.2) is 69.9 Å². The van der Waals surface area contributed by atoms with Crippen LogP contribution in [0.4, 0.5) is 15.9 Å². The molecule has 11 heteroatoms. The van der Waals surface area contributed by atoms with Crippen LogP contribution in [0.15, 0.2) is 52.3 Å². The molecule has 1 aromatic carbocycles. The summed E-state index contributed by atoms with van der Waals surface area (Å²) in [6, 6.07) is 10.5. The number of nitrogens with zero attached hydrogens (tertiary/aromatic N) is 5. The number of aryl methyl sites for hydroxylation is 1. The molecule has 5 heterocycles. The predicted molar refractivity (Wildman–Crippen MR) is 156 cm³/mol. The molecule has 3 fully saturated rings. The Hall–Kier alpha value is -3.28. The van der Waals surface area contributed by atoms with Crippen molar-refractivity contribution >= 4 is 57.4 Å². The smallest absolute Gasteiger partial charge is 0.267 e. The van der Waals surface area contributed by atoms with Crippen LogP contribution in [0, 0.1) is 12.7 Å². The number of aromatic nitrogens is 2. The zero-order chi connectivity index (χ0) is 27.1. The number of benzene rings is 1. The molecule has 1 atom stereocenters. The van der Waals surface area contributed by atoms with E-state index in [9.17, 15) is 14.0 Å². The molecule has 3 saturated heterocycles. The molecule has 3 aromatic rings. The van der Waals surface area contributed by atoms with E-state index in [1.807, 2.05) is 34.9 Å². The monoisotopic (exact) mass is 565 g/mol. The Morgan fingerprint density at radius 3 is 2.64 bits per heavy atom. The van der Waals surface area contributed by atoms with Crippen molar-refractivity contribution in [3.8, 4) is 0 Å². The van der Waals surface area contributed by atoms with Crippen LogP contribution < -0.4 is 15.4 Å². The highest BCUT2D eigenvalue weighted by Gasteiger charge is 2.35. The molecule has 202 valence electrons. The number of rotatable bonds is 5. The first-order chi connectivity index (χ1) is 18.9. The first-order valence-electron chi connectivity index (χ1n) is 13.0. The Kier molecular flexibility index (Phi) is 7.13. The summed E-state index contributed by atoms with van der Waals surface area (Å²) >= 11 is 6.73. The third kappa shape index (κ3) is 5.06. The summed E-state index contributed by atoms with van der Waals surface area (Å²) in [7, 11) is 0. The van der Waals surface area contributed by atoms with Gasteiger partial charge in [0.2, 0.25) is 0 Å². The number of thiocarbonyl (C=S) groups is 1. The minimum absolute atomic E-state index is 0.0240. The summed E-state index contributed by atoms with van der Waals surface area (Å²) < 4.78 is 22.1. The first kappa shape index (κ1) is 26.0. The van der Waals surface area contributed by atoms with Gasteiger partial charge in [-0.3, -0.25) is 18.9 Å². The molecule has 1 unspecified atom stereocenters. The van der Waals surface area contributed by atoms with E-state index in [0.29, 0.717) is 71.3 Å². The Morgan fingerprint density at radius 2 is 1.90 bits per heavy atom. The van der Waals surface area contributed by atoms with Gasteiger partial charge in [0, 0.05) is 39.0 Å². The Morgan fingerprint density at radius 1 is 1.13 bits per heavy atom. The minimum Gasteiger partial charge on any atom is -0.376 e. The average Bonchev–Trinajstić information content (AvgIpc) is 3.55. The van der Waals surface area contributed by atoms with Crippen molar-refractivity contribution in [2.45, 2.75) is 25.9 Å². The van der Waals surface area contributed by atoms with E-state index in [1.54, 1.807) is 29.3 Å². The van der Waals surface area contributed by atoms with E-state index in [0.717, 1.165) is 18.4 Å². The highest BCUT2D eigenvalue weighted by atomic mass is 32.2. The number of carbonyl (C=O) groups excluding carboxylic acids is 1. The molecule has 2 aromatic heterocycles. The maximum atomic E-state index is 14.4. The fourth-order valence-electron chi connectivity index (χ4n) is 5.26. The lowest BCUT2D eigenvalue weighted by molar-refractivity contribution is -0.123. The Balaban J connectivity index is 1.34. The van der Waals surface area contributed by atoms with Crippen LogP contribution in [0.2, 0.25) is 0 Å². The molecule has 8 nitrogen and oxygen atoms in total. The molecule has 0 saturated carbocycles. The molecule has 3 aliphatic heterocycles. The van der Waals surface area contributed by atoms with Gasteiger partial charge in [0.15, 0.2) is 0 Å². The van der Waals surface area contributed by atoms with E-state index in [4.69, 9.17) is 21.9 Å². The van der Waals surface area contributed by atoms with Gasteiger partial charge in [-0.15, -0.1) is 0 Å². The van der Waals surface area contributed by atoms with Crippen molar-refractivity contribution in [2.75, 3.05) is 49.1 Å². The van der Waals surface area contributed by atoms with E-state index in [2.05, 4.69) is 0 Å². The zero-order valence-corrected chi connectivity index (χ0v) is 23.1. The third-order valence-electron chi connectivity index (χ3n) is 7.32. The molecule has 6 rings (SSSR count). The lowest BCUT2D eigenvalue weighted by Gasteiger charge is -2.37. The first-order valence-corrected chi connectivity index (χ1v) is 14.3. The molecule has 39 heavy (non-hydrogen) atoms. The maximum absolute atomic E-state index is 14.4. The Labute approximate surface area is 235 Å². The SMILES string of the molecule is Cc1ccc2nc(N3CCN(c4ccccc4F)CC3)c(C=C3SC(=S)N(CC4CCCO4)C3=O)c(=O)n2c1. The fraction of sp³-hybridized carbons (Fsp3) is 0.357. The average molecular weight is 566 g/mol. The quantitative estimate of drug-likeness (QED) is 0.342. The van der Waals surface area contributed by atoms with Crippen molar-refractivity contribution in [1.82, 2.24) is 14.3 Å². The van der Waals surface area contributed by atoms with Crippen molar-refractivity contribution in [1.29, 1.82) is 0 Å². The Bertz CT molecular complexity index is 1540. The number of halogens is 1. The molecule has 3 aliphatic rings. The topological polar surface area (TPSA) is 70.4 Å².